The van der Waals surface area contributed by atoms with Crippen molar-refractivity contribution in [2.75, 3.05) is 0 Å². The number of hydrogen-bond donors (Lipinski definition) is 2. The summed E-state index contributed by atoms with van der Waals surface area (Å²) < 4.78 is 0. The van der Waals surface area contributed by atoms with Crippen molar-refractivity contribution in [1.29, 1.82) is 0 Å². The van der Waals surface area contributed by atoms with Crippen molar-refractivity contribution in [3.63, 3.8) is 0 Å². The predicted molar refractivity (Wildman–Crippen MR) is 128 cm³/mol. The summed E-state index contributed by atoms with van der Waals surface area (Å²) in [7, 11) is 0. The predicted octanol–water partition coefficient (Wildman–Crippen LogP) is 7.04. The molecule has 0 saturated heterocycles. The fourth-order valence-corrected chi connectivity index (χ4v) is 7.98. The van der Waals surface area contributed by atoms with Crippen LogP contribution in [-0.2, 0) is 9.59 Å². The van der Waals surface area contributed by atoms with Crippen LogP contribution in [-0.4, -0.2) is 22.2 Å². The lowest BCUT2D eigenvalue weighted by atomic mass is 9.49. The van der Waals surface area contributed by atoms with E-state index in [1.54, 1.807) is 0 Å². The maximum atomic E-state index is 11.8. The van der Waals surface area contributed by atoms with Gasteiger partial charge in [-0.2, -0.15) is 0 Å². The van der Waals surface area contributed by atoms with E-state index in [1.165, 1.54) is 31.3 Å². The number of aliphatic carboxylic acids is 2. The Hall–Kier alpha value is -1.32. The number of rotatable bonds is 9. The summed E-state index contributed by atoms with van der Waals surface area (Å²) in [6.07, 6.45) is 10.4. The van der Waals surface area contributed by atoms with Crippen LogP contribution in [0.3, 0.4) is 0 Å². The van der Waals surface area contributed by atoms with Crippen molar-refractivity contribution in [3.8, 4) is 0 Å². The first kappa shape index (κ1) is 25.3. The van der Waals surface area contributed by atoms with Crippen LogP contribution in [0, 0.1) is 52.3 Å². The highest BCUT2D eigenvalue weighted by atomic mass is 16.4. The summed E-state index contributed by atoms with van der Waals surface area (Å²) in [6, 6.07) is 0. The van der Waals surface area contributed by atoms with Crippen LogP contribution in [0.2, 0.25) is 0 Å². The Morgan fingerprint density at radius 3 is 2.28 bits per heavy atom. The van der Waals surface area contributed by atoms with Gasteiger partial charge in [0.2, 0.25) is 0 Å². The summed E-state index contributed by atoms with van der Waals surface area (Å²) in [5.41, 5.74) is 1.31. The number of carboxylic acids is 2. The molecular formula is C28H46O4. The molecule has 0 aromatic carbocycles. The first-order valence-corrected chi connectivity index (χ1v) is 13.0. The molecule has 0 aromatic heterocycles. The van der Waals surface area contributed by atoms with E-state index < -0.39 is 17.4 Å². The highest BCUT2D eigenvalue weighted by Gasteiger charge is 2.58. The molecule has 0 amide bonds. The minimum atomic E-state index is -0.811. The van der Waals surface area contributed by atoms with Crippen molar-refractivity contribution in [3.05, 3.63) is 11.6 Å². The molecule has 0 bridgehead atoms. The lowest BCUT2D eigenvalue weighted by molar-refractivity contribution is -0.146. The molecule has 4 nitrogen and oxygen atoms in total. The Balaban J connectivity index is 1.82. The average Bonchev–Trinajstić information content (AvgIpc) is 3.04. The summed E-state index contributed by atoms with van der Waals surface area (Å²) in [6.45, 7) is 14.1. The van der Waals surface area contributed by atoms with Gasteiger partial charge in [-0.05, 0) is 84.4 Å². The largest absolute Gasteiger partial charge is 0.481 e. The van der Waals surface area contributed by atoms with Gasteiger partial charge in [-0.25, -0.2) is 0 Å². The molecule has 2 N–H and O–H groups in total. The van der Waals surface area contributed by atoms with E-state index in [0.717, 1.165) is 36.5 Å². The van der Waals surface area contributed by atoms with Crippen molar-refractivity contribution < 1.29 is 19.8 Å². The second-order valence-corrected chi connectivity index (χ2v) is 12.4. The van der Waals surface area contributed by atoms with Crippen LogP contribution in [0.15, 0.2) is 11.6 Å². The molecule has 2 saturated carbocycles. The van der Waals surface area contributed by atoms with Gasteiger partial charge in [0, 0.05) is 6.42 Å². The maximum Gasteiger partial charge on any atom is 0.303 e. The quantitative estimate of drug-likeness (QED) is 0.372. The topological polar surface area (TPSA) is 74.6 Å². The van der Waals surface area contributed by atoms with Crippen LogP contribution in [0.4, 0.5) is 0 Å². The zero-order valence-electron chi connectivity index (χ0n) is 21.2. The van der Waals surface area contributed by atoms with Crippen molar-refractivity contribution >= 4 is 11.9 Å². The molecule has 3 rings (SSSR count). The van der Waals surface area contributed by atoms with Gasteiger partial charge in [-0.15, -0.1) is 0 Å². The molecule has 0 spiro atoms. The molecule has 0 unspecified atom stereocenters. The van der Waals surface area contributed by atoms with Gasteiger partial charge in [0.15, 0.2) is 0 Å². The van der Waals surface area contributed by atoms with E-state index in [2.05, 4.69) is 47.6 Å². The molecule has 3 aliphatic rings. The van der Waals surface area contributed by atoms with Crippen molar-refractivity contribution in [1.82, 2.24) is 0 Å². The van der Waals surface area contributed by atoms with Crippen molar-refractivity contribution in [2.45, 2.75) is 99.3 Å². The van der Waals surface area contributed by atoms with Gasteiger partial charge < -0.3 is 10.2 Å². The number of carboxylic acid groups (broad SMARTS) is 2. The molecule has 0 heterocycles. The van der Waals surface area contributed by atoms with Gasteiger partial charge in [0.25, 0.3) is 0 Å². The smallest absolute Gasteiger partial charge is 0.303 e. The van der Waals surface area contributed by atoms with E-state index in [9.17, 15) is 19.8 Å². The summed E-state index contributed by atoms with van der Waals surface area (Å²) in [4.78, 5) is 23.4. The molecular weight excluding hydrogens is 400 g/mol. The minimum absolute atomic E-state index is 0.0691. The Kier molecular flexibility index (Phi) is 7.52. The van der Waals surface area contributed by atoms with Crippen LogP contribution in [0.1, 0.15) is 99.3 Å². The van der Waals surface area contributed by atoms with Crippen LogP contribution < -0.4 is 0 Å². The average molecular weight is 447 g/mol. The van der Waals surface area contributed by atoms with Crippen LogP contribution in [0.5, 0.6) is 0 Å². The van der Waals surface area contributed by atoms with E-state index >= 15 is 0 Å². The first-order valence-electron chi connectivity index (χ1n) is 13.0. The van der Waals surface area contributed by atoms with Gasteiger partial charge in [-0.1, -0.05) is 66.0 Å². The molecule has 0 aromatic rings. The van der Waals surface area contributed by atoms with Gasteiger partial charge in [-0.3, -0.25) is 9.59 Å². The van der Waals surface area contributed by atoms with Gasteiger partial charge >= 0.3 is 11.9 Å². The third-order valence-electron chi connectivity index (χ3n) is 10.4. The molecule has 0 radical (unpaired) electrons. The monoisotopic (exact) mass is 446 g/mol. The van der Waals surface area contributed by atoms with Gasteiger partial charge in [0.1, 0.15) is 0 Å². The Morgan fingerprint density at radius 1 is 1.00 bits per heavy atom. The number of hydrogen-bond acceptors (Lipinski definition) is 2. The van der Waals surface area contributed by atoms with Crippen LogP contribution in [0.25, 0.3) is 0 Å². The van der Waals surface area contributed by atoms with Gasteiger partial charge in [0.05, 0.1) is 6.42 Å². The normalized spacial score (nSPS) is 38.5. The minimum Gasteiger partial charge on any atom is -0.481 e. The fourth-order valence-electron chi connectivity index (χ4n) is 7.98. The number of carbonyl (C=O) groups is 2. The summed E-state index contributed by atoms with van der Waals surface area (Å²) >= 11 is 0. The third kappa shape index (κ3) is 4.66. The zero-order valence-corrected chi connectivity index (χ0v) is 21.2. The zero-order chi connectivity index (χ0) is 23.8. The second-order valence-electron chi connectivity index (χ2n) is 12.4. The number of allylic oxidation sites excluding steroid dienone is 2. The number of fused-ring (bicyclic) bond motifs is 3. The molecule has 2 fully saturated rings. The Morgan fingerprint density at radius 2 is 1.69 bits per heavy atom. The SMILES string of the molecule is CC(C)[C@@H](C)CC[C@@H](C)[C@@H]1CC[C@@H]2C3=CC[C@@H](CC(=O)O)[C@](C)(CC(=O)O)[C@@H]3CC[C@@]21C. The first-order chi connectivity index (χ1) is 14.9. The molecule has 3 aliphatic carbocycles. The van der Waals surface area contributed by atoms with E-state index in [4.69, 9.17) is 0 Å². The molecule has 32 heavy (non-hydrogen) atoms. The lowest BCUT2D eigenvalue weighted by Crippen LogP contribution is -2.48. The van der Waals surface area contributed by atoms with E-state index in [0.29, 0.717) is 17.8 Å². The standard InChI is InChI=1S/C28H46O4/c1-17(2)18(3)7-8-19(4)22-11-12-23-21-10-9-20(15-25(29)30)28(6,16-26(31)32)24(21)13-14-27(22,23)5/h10,17-20,22-24H,7-9,11-16H2,1-6H3,(H,29,30)(H,31,32)/t18-,19+,20-,22-,23+,24+,27+,28-/m0/s1. The Labute approximate surface area is 195 Å². The molecule has 8 atom stereocenters. The second kappa shape index (κ2) is 9.50. The highest BCUT2D eigenvalue weighted by Crippen LogP contribution is 2.66. The summed E-state index contributed by atoms with van der Waals surface area (Å²) in [5.74, 6) is 2.00. The highest BCUT2D eigenvalue weighted by molar-refractivity contribution is 5.70. The maximum absolute atomic E-state index is 11.8. The molecule has 4 heteroatoms. The molecule has 182 valence electrons. The van der Waals surface area contributed by atoms with E-state index in [-0.39, 0.29) is 24.7 Å². The van der Waals surface area contributed by atoms with Crippen molar-refractivity contribution in [2.24, 2.45) is 52.3 Å². The molecule has 0 aliphatic heterocycles. The van der Waals surface area contributed by atoms with E-state index in [1.807, 2.05) is 0 Å². The lowest BCUT2D eigenvalue weighted by Gasteiger charge is -2.55. The fraction of sp³-hybridized carbons (Fsp3) is 0.857. The Bertz CT molecular complexity index is 740. The van der Waals surface area contributed by atoms with Crippen LogP contribution >= 0.6 is 0 Å². The summed E-state index contributed by atoms with van der Waals surface area (Å²) in [5, 5.41) is 19.2. The third-order valence-corrected chi connectivity index (χ3v) is 10.4.